The summed E-state index contributed by atoms with van der Waals surface area (Å²) in [5, 5.41) is 2.49. The Kier molecular flexibility index (Phi) is 5.88. The van der Waals surface area contributed by atoms with Crippen LogP contribution in [0.4, 0.5) is 18.9 Å². The summed E-state index contributed by atoms with van der Waals surface area (Å²) in [4.78, 5) is 11.8. The first-order chi connectivity index (χ1) is 11.3. The monoisotopic (exact) mass is 401 g/mol. The molecule has 24 heavy (non-hydrogen) atoms. The van der Waals surface area contributed by atoms with Crippen molar-refractivity contribution in [2.24, 2.45) is 0 Å². The Hall–Kier alpha value is -2.02. The Bertz CT molecular complexity index is 715. The van der Waals surface area contributed by atoms with Crippen molar-refractivity contribution in [1.29, 1.82) is 0 Å². The van der Waals surface area contributed by atoms with Gasteiger partial charge in [-0.15, -0.1) is 0 Å². The molecule has 2 rings (SSSR count). The van der Waals surface area contributed by atoms with Crippen LogP contribution in [0, 0.1) is 0 Å². The second-order valence-corrected chi connectivity index (χ2v) is 5.88. The molecule has 0 aromatic heterocycles. The van der Waals surface area contributed by atoms with Crippen molar-refractivity contribution in [3.05, 3.63) is 58.1 Å². The van der Waals surface area contributed by atoms with Crippen LogP contribution < -0.4 is 10.1 Å². The van der Waals surface area contributed by atoms with Gasteiger partial charge in [-0.05, 0) is 64.3 Å². The summed E-state index contributed by atoms with van der Waals surface area (Å²) >= 11 is 3.37. The van der Waals surface area contributed by atoms with Gasteiger partial charge in [0.1, 0.15) is 5.75 Å². The van der Waals surface area contributed by atoms with Gasteiger partial charge in [0, 0.05) is 5.69 Å². The highest BCUT2D eigenvalue weighted by atomic mass is 79.9. The summed E-state index contributed by atoms with van der Waals surface area (Å²) < 4.78 is 43.6. The maximum Gasteiger partial charge on any atom is 0.416 e. The van der Waals surface area contributed by atoms with E-state index in [1.807, 2.05) is 19.1 Å². The normalized spacial score (nSPS) is 11.2. The lowest BCUT2D eigenvalue weighted by atomic mass is 10.2. The summed E-state index contributed by atoms with van der Waals surface area (Å²) in [7, 11) is 0. The third kappa shape index (κ3) is 4.99. The zero-order valence-electron chi connectivity index (χ0n) is 12.8. The maximum atomic E-state index is 12.5. The number of hydrogen-bond acceptors (Lipinski definition) is 2. The molecule has 0 fully saturated rings. The van der Waals surface area contributed by atoms with Crippen LogP contribution in [0.1, 0.15) is 18.1 Å². The fraction of sp³-hybridized carbons (Fsp3) is 0.235. The number of amides is 1. The molecule has 7 heteroatoms. The zero-order valence-corrected chi connectivity index (χ0v) is 14.4. The number of carbonyl (C=O) groups is 1. The molecule has 0 atom stereocenters. The number of benzene rings is 2. The van der Waals surface area contributed by atoms with E-state index in [0.29, 0.717) is 5.75 Å². The van der Waals surface area contributed by atoms with E-state index in [1.165, 1.54) is 12.1 Å². The minimum atomic E-state index is -4.40. The fourth-order valence-corrected chi connectivity index (χ4v) is 2.50. The van der Waals surface area contributed by atoms with E-state index in [1.54, 1.807) is 6.07 Å². The third-order valence-corrected chi connectivity index (χ3v) is 3.88. The fourth-order valence-electron chi connectivity index (χ4n) is 1.96. The molecule has 0 unspecified atom stereocenters. The summed E-state index contributed by atoms with van der Waals surface area (Å²) in [5.74, 6) is 0.0657. The number of alkyl halides is 3. The molecule has 0 spiro atoms. The molecule has 0 saturated heterocycles. The van der Waals surface area contributed by atoms with E-state index in [9.17, 15) is 18.0 Å². The molecule has 2 aromatic rings. The van der Waals surface area contributed by atoms with Gasteiger partial charge in [0.2, 0.25) is 0 Å². The number of halogens is 4. The van der Waals surface area contributed by atoms with E-state index in [4.69, 9.17) is 4.74 Å². The SMILES string of the molecule is CCc1ccc(OCC(=O)Nc2ccc(C(F)(F)F)cc2)c(Br)c1. The lowest BCUT2D eigenvalue weighted by molar-refractivity contribution is -0.137. The van der Waals surface area contributed by atoms with Crippen LogP contribution in [-0.2, 0) is 17.4 Å². The van der Waals surface area contributed by atoms with Gasteiger partial charge in [0.15, 0.2) is 6.61 Å². The second kappa shape index (κ2) is 7.70. The Balaban J connectivity index is 1.92. The van der Waals surface area contributed by atoms with Gasteiger partial charge < -0.3 is 10.1 Å². The maximum absolute atomic E-state index is 12.5. The molecule has 0 heterocycles. The number of hydrogen-bond donors (Lipinski definition) is 1. The number of ether oxygens (including phenoxy) is 1. The molecule has 128 valence electrons. The van der Waals surface area contributed by atoms with Crippen LogP contribution in [-0.4, -0.2) is 12.5 Å². The standard InChI is InChI=1S/C17H15BrF3NO2/c1-2-11-3-8-15(14(18)9-11)24-10-16(23)22-13-6-4-12(5-7-13)17(19,20)21/h3-9H,2,10H2,1H3,(H,22,23). The highest BCUT2D eigenvalue weighted by Gasteiger charge is 2.29. The molecule has 1 N–H and O–H groups in total. The van der Waals surface area contributed by atoms with Crippen LogP contribution >= 0.6 is 15.9 Å². The van der Waals surface area contributed by atoms with Gasteiger partial charge >= 0.3 is 6.18 Å². The summed E-state index contributed by atoms with van der Waals surface area (Å²) in [5.41, 5.74) is 0.636. The van der Waals surface area contributed by atoms with Gasteiger partial charge in [0.05, 0.1) is 10.0 Å². The van der Waals surface area contributed by atoms with Gasteiger partial charge in [-0.2, -0.15) is 13.2 Å². The predicted octanol–water partition coefficient (Wildman–Crippen LogP) is 5.05. The molecule has 0 saturated carbocycles. The molecule has 2 aromatic carbocycles. The van der Waals surface area contributed by atoms with Crippen LogP contribution in [0.15, 0.2) is 46.9 Å². The first-order valence-electron chi connectivity index (χ1n) is 7.18. The van der Waals surface area contributed by atoms with Crippen LogP contribution in [0.2, 0.25) is 0 Å². The van der Waals surface area contributed by atoms with Crippen molar-refractivity contribution in [1.82, 2.24) is 0 Å². The number of rotatable bonds is 5. The minimum absolute atomic E-state index is 0.245. The minimum Gasteiger partial charge on any atom is -0.483 e. The topological polar surface area (TPSA) is 38.3 Å². The van der Waals surface area contributed by atoms with Crippen molar-refractivity contribution in [2.45, 2.75) is 19.5 Å². The summed E-state index contributed by atoms with van der Waals surface area (Å²) in [6.45, 7) is 1.78. The number of nitrogens with one attached hydrogen (secondary N) is 1. The van der Waals surface area contributed by atoms with Gasteiger partial charge in [0.25, 0.3) is 5.91 Å². The van der Waals surface area contributed by atoms with E-state index in [0.717, 1.165) is 28.6 Å². The summed E-state index contributed by atoms with van der Waals surface area (Å²) in [6, 6.07) is 9.79. The van der Waals surface area contributed by atoms with Gasteiger partial charge in [-0.3, -0.25) is 4.79 Å². The van der Waals surface area contributed by atoms with Crippen molar-refractivity contribution >= 4 is 27.5 Å². The van der Waals surface area contributed by atoms with E-state index < -0.39 is 17.6 Å². The average Bonchev–Trinajstić information content (AvgIpc) is 2.53. The van der Waals surface area contributed by atoms with Crippen molar-refractivity contribution in [2.75, 3.05) is 11.9 Å². The second-order valence-electron chi connectivity index (χ2n) is 5.03. The van der Waals surface area contributed by atoms with Crippen LogP contribution in [0.3, 0.4) is 0 Å². The Morgan fingerprint density at radius 3 is 2.38 bits per heavy atom. The molecule has 3 nitrogen and oxygen atoms in total. The highest BCUT2D eigenvalue weighted by Crippen LogP contribution is 2.30. The summed E-state index contributed by atoms with van der Waals surface area (Å²) in [6.07, 6.45) is -3.52. The number of carbonyl (C=O) groups excluding carboxylic acids is 1. The van der Waals surface area contributed by atoms with Crippen molar-refractivity contribution in [3.8, 4) is 5.75 Å². The molecule has 0 aliphatic heterocycles. The molecular formula is C17H15BrF3NO2. The average molecular weight is 402 g/mol. The van der Waals surface area contributed by atoms with E-state index in [2.05, 4.69) is 21.2 Å². The molecule has 0 aliphatic rings. The third-order valence-electron chi connectivity index (χ3n) is 3.26. The highest BCUT2D eigenvalue weighted by molar-refractivity contribution is 9.10. The molecular weight excluding hydrogens is 387 g/mol. The van der Waals surface area contributed by atoms with E-state index in [-0.39, 0.29) is 12.3 Å². The lowest BCUT2D eigenvalue weighted by Gasteiger charge is -2.11. The molecule has 0 aliphatic carbocycles. The van der Waals surface area contributed by atoms with E-state index >= 15 is 0 Å². The molecule has 0 radical (unpaired) electrons. The van der Waals surface area contributed by atoms with Gasteiger partial charge in [-0.1, -0.05) is 13.0 Å². The number of aryl methyl sites for hydroxylation is 1. The van der Waals surface area contributed by atoms with Crippen LogP contribution in [0.5, 0.6) is 5.75 Å². The largest absolute Gasteiger partial charge is 0.483 e. The van der Waals surface area contributed by atoms with Crippen molar-refractivity contribution in [3.63, 3.8) is 0 Å². The molecule has 0 bridgehead atoms. The zero-order chi connectivity index (χ0) is 17.7. The van der Waals surface area contributed by atoms with Crippen LogP contribution in [0.25, 0.3) is 0 Å². The lowest BCUT2D eigenvalue weighted by Crippen LogP contribution is -2.20. The quantitative estimate of drug-likeness (QED) is 0.761. The smallest absolute Gasteiger partial charge is 0.416 e. The van der Waals surface area contributed by atoms with Crippen molar-refractivity contribution < 1.29 is 22.7 Å². The Labute approximate surface area is 146 Å². The molecule has 1 amide bonds. The first-order valence-corrected chi connectivity index (χ1v) is 7.97. The number of anilines is 1. The van der Waals surface area contributed by atoms with Gasteiger partial charge in [-0.25, -0.2) is 0 Å². The Morgan fingerprint density at radius 1 is 1.17 bits per heavy atom. The first kappa shape index (κ1) is 18.3. The Morgan fingerprint density at radius 2 is 1.83 bits per heavy atom. The predicted molar refractivity (Wildman–Crippen MR) is 89.1 cm³/mol.